The molecule has 4 heterocycles. The van der Waals surface area contributed by atoms with Crippen LogP contribution in [0.15, 0.2) is 42.5 Å². The van der Waals surface area contributed by atoms with E-state index >= 15 is 4.39 Å². The molecule has 0 aromatic heterocycles. The van der Waals surface area contributed by atoms with Crippen molar-refractivity contribution in [2.75, 3.05) is 42.9 Å². The van der Waals surface area contributed by atoms with Gasteiger partial charge in [0.05, 0.1) is 10.9 Å². The Kier molecular flexibility index (Phi) is 9.03. The molecule has 0 aliphatic carbocycles. The van der Waals surface area contributed by atoms with Gasteiger partial charge in [-0.05, 0) is 48.8 Å². The molecule has 0 bridgehead atoms. The highest BCUT2D eigenvalue weighted by molar-refractivity contribution is 8.01. The van der Waals surface area contributed by atoms with Crippen molar-refractivity contribution in [1.29, 1.82) is 0 Å². The van der Waals surface area contributed by atoms with Gasteiger partial charge in [0.25, 0.3) is 0 Å². The number of urea groups is 1. The van der Waals surface area contributed by atoms with E-state index in [0.29, 0.717) is 57.8 Å². The number of nitrogens with two attached hydrogens (primary N) is 1. The molecule has 3 N–H and O–H groups in total. The van der Waals surface area contributed by atoms with Crippen molar-refractivity contribution in [3.8, 4) is 0 Å². The predicted molar refractivity (Wildman–Crippen MR) is 181 cm³/mol. The average molecular weight is 641 g/mol. The summed E-state index contributed by atoms with van der Waals surface area (Å²) in [4.78, 5) is 48.0. The molecule has 3 saturated heterocycles. The van der Waals surface area contributed by atoms with Gasteiger partial charge in [-0.2, -0.15) is 0 Å². The number of amides is 4. The number of thioether (sulfide) groups is 1. The van der Waals surface area contributed by atoms with Gasteiger partial charge in [-0.1, -0.05) is 51.1 Å². The molecule has 0 radical (unpaired) electrons. The van der Waals surface area contributed by atoms with Crippen molar-refractivity contribution >= 4 is 41.0 Å². The predicted octanol–water partition coefficient (Wildman–Crippen LogP) is 5.66. The van der Waals surface area contributed by atoms with Gasteiger partial charge in [0.1, 0.15) is 11.2 Å². The van der Waals surface area contributed by atoms with Crippen LogP contribution in [-0.4, -0.2) is 82.6 Å². The van der Waals surface area contributed by atoms with Crippen LogP contribution in [0.1, 0.15) is 72.2 Å². The van der Waals surface area contributed by atoms with Crippen LogP contribution < -0.4 is 16.0 Å². The number of piperidine rings is 1. The third kappa shape index (κ3) is 6.79. The molecule has 3 atom stereocenters. The number of benzene rings is 2. The second-order valence-electron chi connectivity index (χ2n) is 14.0. The fourth-order valence-electron chi connectivity index (χ4n) is 6.94. The molecule has 45 heavy (non-hydrogen) atoms. The minimum atomic E-state index is -0.540. The van der Waals surface area contributed by atoms with E-state index in [2.05, 4.69) is 26.1 Å². The van der Waals surface area contributed by atoms with Crippen LogP contribution in [0, 0.1) is 11.2 Å². The second-order valence-corrected chi connectivity index (χ2v) is 15.3. The smallest absolute Gasteiger partial charge is 0.322 e. The van der Waals surface area contributed by atoms with E-state index in [0.717, 1.165) is 29.7 Å². The number of halogens is 1. The van der Waals surface area contributed by atoms with Gasteiger partial charge in [-0.3, -0.25) is 9.59 Å². The summed E-state index contributed by atoms with van der Waals surface area (Å²) in [5.74, 6) is -0.415. The number of hydrogen-bond acceptors (Lipinski definition) is 6. The van der Waals surface area contributed by atoms with Gasteiger partial charge in [0.15, 0.2) is 0 Å². The number of fused-ring (bicyclic) bond motifs is 1. The number of likely N-dealkylation sites (tertiary alicyclic amines) is 1. The molecule has 0 saturated carbocycles. The number of anilines is 2. The molecule has 4 aliphatic heterocycles. The third-order valence-electron chi connectivity index (χ3n) is 9.54. The number of carbonyl (C=O) groups is 3. The molecule has 4 aliphatic rings. The van der Waals surface area contributed by atoms with Crippen LogP contribution in [-0.2, 0) is 16.1 Å². The largest absolute Gasteiger partial charge is 0.367 e. The Bertz CT molecular complexity index is 1450. The Hall–Kier alpha value is -3.31. The zero-order valence-electron chi connectivity index (χ0n) is 26.5. The van der Waals surface area contributed by atoms with Crippen molar-refractivity contribution in [3.63, 3.8) is 0 Å². The molecule has 2 aromatic rings. The molecule has 6 rings (SSSR count). The fraction of sp³-hybridized carbons (Fsp3) is 0.559. The molecule has 4 amide bonds. The lowest BCUT2D eigenvalue weighted by atomic mass is 9.92. The number of hydrogen-bond donors (Lipinski definition) is 2. The zero-order valence-corrected chi connectivity index (χ0v) is 27.3. The SMILES string of the molecule is CC(C)(C)CCN1C(=O)[C@H](CC(=O)N2CCC(N3Cc4ccccc4NC3=O)CC2)SC1c1cccc(F)c1N1CCC(N)C1.[HH].[HH]. The standard InChI is InChI=1S/C34H45FN6O3S.2H2/c1-34(2,3)14-18-40-31(43)28(45-32(40)25-8-6-9-26(35)30(25)39-15-11-23(36)21-39)19-29(42)38-16-12-24(13-17-38)41-20-22-7-4-5-10-27(22)37-33(41)44;;/h4-10,23-24,28,32H,11-21,36H2,1-3H3,(H,37,44);2*1H/t23?,28-,32?;;/m0../s1. The number of nitrogens with zero attached hydrogens (tertiary/aromatic N) is 4. The lowest BCUT2D eigenvalue weighted by Crippen LogP contribution is -2.51. The van der Waals surface area contributed by atoms with E-state index in [4.69, 9.17) is 5.73 Å². The zero-order chi connectivity index (χ0) is 31.9. The molecule has 246 valence electrons. The van der Waals surface area contributed by atoms with Gasteiger partial charge in [0.2, 0.25) is 11.8 Å². The highest BCUT2D eigenvalue weighted by atomic mass is 32.2. The molecular formula is C34H49FN6O3S. The summed E-state index contributed by atoms with van der Waals surface area (Å²) >= 11 is 1.47. The number of nitrogens with one attached hydrogen (secondary N) is 1. The summed E-state index contributed by atoms with van der Waals surface area (Å²) in [7, 11) is 0. The van der Waals surface area contributed by atoms with Crippen molar-refractivity contribution in [1.82, 2.24) is 14.7 Å². The first-order valence-electron chi connectivity index (χ1n) is 16.2. The maximum Gasteiger partial charge on any atom is 0.322 e. The van der Waals surface area contributed by atoms with Crippen LogP contribution in [0.5, 0.6) is 0 Å². The highest BCUT2D eigenvalue weighted by Gasteiger charge is 2.44. The van der Waals surface area contributed by atoms with Gasteiger partial charge in [0, 0.05) is 71.9 Å². The van der Waals surface area contributed by atoms with Crippen molar-refractivity contribution < 1.29 is 21.6 Å². The van der Waals surface area contributed by atoms with Crippen molar-refractivity contribution in [3.05, 3.63) is 59.4 Å². The second kappa shape index (κ2) is 12.8. The van der Waals surface area contributed by atoms with Gasteiger partial charge in [-0.25, -0.2) is 9.18 Å². The van der Waals surface area contributed by atoms with Crippen molar-refractivity contribution in [2.24, 2.45) is 11.1 Å². The number of rotatable bonds is 7. The minimum Gasteiger partial charge on any atom is -0.367 e. The molecule has 2 aromatic carbocycles. The van der Waals surface area contributed by atoms with Gasteiger partial charge >= 0.3 is 6.03 Å². The Morgan fingerprint density at radius 3 is 2.53 bits per heavy atom. The van der Waals surface area contributed by atoms with Crippen LogP contribution >= 0.6 is 11.8 Å². The Balaban J connectivity index is 0.00000250. The summed E-state index contributed by atoms with van der Waals surface area (Å²) < 4.78 is 15.4. The number of para-hydroxylation sites is 2. The summed E-state index contributed by atoms with van der Waals surface area (Å²) in [5.41, 5.74) is 9.44. The van der Waals surface area contributed by atoms with E-state index in [1.165, 1.54) is 17.8 Å². The van der Waals surface area contributed by atoms with Crippen LogP contribution in [0.2, 0.25) is 0 Å². The monoisotopic (exact) mass is 640 g/mol. The third-order valence-corrected chi connectivity index (χ3v) is 11.0. The summed E-state index contributed by atoms with van der Waals surface area (Å²) in [6, 6.07) is 12.9. The molecule has 2 unspecified atom stereocenters. The van der Waals surface area contributed by atoms with Crippen LogP contribution in [0.4, 0.5) is 20.6 Å². The van der Waals surface area contributed by atoms with Crippen LogP contribution in [0.25, 0.3) is 0 Å². The van der Waals surface area contributed by atoms with E-state index in [9.17, 15) is 14.4 Å². The Morgan fingerprint density at radius 2 is 1.82 bits per heavy atom. The van der Waals surface area contributed by atoms with E-state index in [-0.39, 0.29) is 55.8 Å². The topological polar surface area (TPSA) is 102 Å². The maximum atomic E-state index is 15.4. The quantitative estimate of drug-likeness (QED) is 0.405. The first-order valence-corrected chi connectivity index (χ1v) is 17.1. The molecule has 0 spiro atoms. The van der Waals surface area contributed by atoms with E-state index < -0.39 is 5.25 Å². The van der Waals surface area contributed by atoms with Crippen molar-refractivity contribution in [2.45, 2.75) is 82.1 Å². The Morgan fingerprint density at radius 1 is 1.07 bits per heavy atom. The van der Waals surface area contributed by atoms with Gasteiger partial charge < -0.3 is 30.7 Å². The molecule has 11 heteroatoms. The highest BCUT2D eigenvalue weighted by Crippen LogP contribution is 2.48. The molecular weight excluding hydrogens is 591 g/mol. The van der Waals surface area contributed by atoms with E-state index in [1.807, 2.05) is 49.9 Å². The Labute approximate surface area is 272 Å². The maximum absolute atomic E-state index is 15.4. The average Bonchev–Trinajstić information content (AvgIpc) is 3.57. The summed E-state index contributed by atoms with van der Waals surface area (Å²) in [5, 5.41) is 2.07. The normalized spacial score (nSPS) is 24.3. The summed E-state index contributed by atoms with van der Waals surface area (Å²) in [6.45, 7) is 9.86. The first-order chi connectivity index (χ1) is 21.5. The number of carbonyl (C=O) groups excluding carboxylic acids is 3. The molecule has 9 nitrogen and oxygen atoms in total. The fourth-order valence-corrected chi connectivity index (χ4v) is 8.43. The lowest BCUT2D eigenvalue weighted by Gasteiger charge is -2.40. The summed E-state index contributed by atoms with van der Waals surface area (Å²) in [6.07, 6.45) is 3.07. The minimum absolute atomic E-state index is 0. The van der Waals surface area contributed by atoms with Crippen LogP contribution in [0.3, 0.4) is 0 Å². The first kappa shape index (κ1) is 31.7. The lowest BCUT2D eigenvalue weighted by molar-refractivity contribution is -0.137. The van der Waals surface area contributed by atoms with E-state index in [1.54, 1.807) is 6.07 Å². The molecule has 3 fully saturated rings. The van der Waals surface area contributed by atoms with Gasteiger partial charge in [-0.15, -0.1) is 11.8 Å².